The van der Waals surface area contributed by atoms with Gasteiger partial charge in [-0.25, -0.2) is 0 Å². The zero-order valence-corrected chi connectivity index (χ0v) is 13.4. The van der Waals surface area contributed by atoms with E-state index in [1.54, 1.807) is 11.1 Å². The fourth-order valence-electron chi connectivity index (χ4n) is 4.33. The van der Waals surface area contributed by atoms with Gasteiger partial charge in [0.15, 0.2) is 0 Å². The maximum absolute atomic E-state index is 3.97. The van der Waals surface area contributed by atoms with Gasteiger partial charge < -0.3 is 5.32 Å². The Bertz CT molecular complexity index is 571. The lowest BCUT2D eigenvalue weighted by Crippen LogP contribution is -2.39. The summed E-state index contributed by atoms with van der Waals surface area (Å²) in [5.74, 6) is 1.64. The van der Waals surface area contributed by atoms with Gasteiger partial charge in [0.25, 0.3) is 0 Å². The topological polar surface area (TPSA) is 12.0 Å². The molecule has 2 unspecified atom stereocenters. The van der Waals surface area contributed by atoms with Crippen molar-refractivity contribution in [2.24, 2.45) is 11.8 Å². The Morgan fingerprint density at radius 1 is 1.00 bits per heavy atom. The standard InChI is InChI=1S/C19H23NS/c1-13(18-7-4-10-21-18)20-19-16-8-9-17(19)12-15-6-3-2-5-14(15)11-16/h2-7,10,13,16-17,19-20H,8-9,11-12H2,1H3/t13-,16?,17?,19?/m1/s1. The first-order valence-corrected chi connectivity index (χ1v) is 9.05. The van der Waals surface area contributed by atoms with Crippen LogP contribution in [0.15, 0.2) is 41.8 Å². The summed E-state index contributed by atoms with van der Waals surface area (Å²) in [6.07, 6.45) is 5.32. The first kappa shape index (κ1) is 13.5. The van der Waals surface area contributed by atoms with Gasteiger partial charge in [0.1, 0.15) is 0 Å². The first-order valence-electron chi connectivity index (χ1n) is 8.17. The fourth-order valence-corrected chi connectivity index (χ4v) is 5.08. The zero-order valence-electron chi connectivity index (χ0n) is 12.6. The summed E-state index contributed by atoms with van der Waals surface area (Å²) < 4.78 is 0. The maximum Gasteiger partial charge on any atom is 0.0388 e. The van der Waals surface area contributed by atoms with Crippen LogP contribution in [0.5, 0.6) is 0 Å². The molecular weight excluding hydrogens is 274 g/mol. The molecule has 1 nitrogen and oxygen atoms in total. The van der Waals surface area contributed by atoms with E-state index in [9.17, 15) is 0 Å². The molecule has 0 amide bonds. The normalized spacial score (nSPS) is 28.9. The highest BCUT2D eigenvalue weighted by atomic mass is 32.1. The summed E-state index contributed by atoms with van der Waals surface area (Å²) in [5.41, 5.74) is 3.19. The molecule has 3 atom stereocenters. The largest absolute Gasteiger partial charge is 0.306 e. The highest BCUT2D eigenvalue weighted by molar-refractivity contribution is 7.10. The van der Waals surface area contributed by atoms with Crippen molar-refractivity contribution in [2.45, 2.75) is 44.7 Å². The molecular formula is C19H23NS. The molecule has 1 aromatic heterocycles. The Labute approximate surface area is 131 Å². The van der Waals surface area contributed by atoms with Crippen LogP contribution < -0.4 is 5.32 Å². The Balaban J connectivity index is 1.55. The summed E-state index contributed by atoms with van der Waals surface area (Å²) in [6, 6.07) is 14.7. The van der Waals surface area contributed by atoms with E-state index in [2.05, 4.69) is 54.0 Å². The molecule has 4 rings (SSSR count). The molecule has 2 aliphatic carbocycles. The van der Waals surface area contributed by atoms with Crippen LogP contribution in [-0.2, 0) is 12.8 Å². The fraction of sp³-hybridized carbons (Fsp3) is 0.474. The predicted molar refractivity (Wildman–Crippen MR) is 89.7 cm³/mol. The molecule has 2 bridgehead atoms. The second-order valence-corrected chi connectivity index (χ2v) is 7.68. The van der Waals surface area contributed by atoms with Gasteiger partial charge in [0.2, 0.25) is 0 Å². The van der Waals surface area contributed by atoms with Crippen molar-refractivity contribution in [1.82, 2.24) is 5.32 Å². The van der Waals surface area contributed by atoms with E-state index in [1.165, 1.54) is 30.6 Å². The average Bonchev–Trinajstić information content (AvgIpc) is 3.08. The van der Waals surface area contributed by atoms with Gasteiger partial charge in [0.05, 0.1) is 0 Å². The predicted octanol–water partition coefficient (Wildman–Crippen LogP) is 4.59. The molecule has 0 spiro atoms. The molecule has 1 saturated carbocycles. The average molecular weight is 297 g/mol. The van der Waals surface area contributed by atoms with E-state index in [1.807, 2.05) is 11.3 Å². The Hall–Kier alpha value is -1.12. The molecule has 110 valence electrons. The van der Waals surface area contributed by atoms with E-state index >= 15 is 0 Å². The molecule has 1 aromatic carbocycles. The van der Waals surface area contributed by atoms with E-state index in [-0.39, 0.29) is 0 Å². The lowest BCUT2D eigenvalue weighted by molar-refractivity contribution is 0.316. The van der Waals surface area contributed by atoms with Gasteiger partial charge in [-0.05, 0) is 67.0 Å². The van der Waals surface area contributed by atoms with Crippen molar-refractivity contribution in [3.8, 4) is 0 Å². The molecule has 1 N–H and O–H groups in total. The van der Waals surface area contributed by atoms with Crippen molar-refractivity contribution in [3.63, 3.8) is 0 Å². The molecule has 2 heteroatoms. The van der Waals surface area contributed by atoms with E-state index < -0.39 is 0 Å². The van der Waals surface area contributed by atoms with Crippen molar-refractivity contribution in [3.05, 3.63) is 57.8 Å². The molecule has 0 saturated heterocycles. The van der Waals surface area contributed by atoms with Gasteiger partial charge in [-0.15, -0.1) is 11.3 Å². The first-order chi connectivity index (χ1) is 10.3. The van der Waals surface area contributed by atoms with Crippen LogP contribution in [-0.4, -0.2) is 6.04 Å². The lowest BCUT2D eigenvalue weighted by atomic mass is 9.94. The van der Waals surface area contributed by atoms with Gasteiger partial charge in [-0.2, -0.15) is 0 Å². The van der Waals surface area contributed by atoms with Crippen molar-refractivity contribution in [2.75, 3.05) is 0 Å². The zero-order chi connectivity index (χ0) is 14.2. The van der Waals surface area contributed by atoms with Crippen LogP contribution in [0.4, 0.5) is 0 Å². The minimum atomic E-state index is 0.485. The second-order valence-electron chi connectivity index (χ2n) is 6.70. The highest BCUT2D eigenvalue weighted by Crippen LogP contribution is 2.41. The van der Waals surface area contributed by atoms with E-state index in [4.69, 9.17) is 0 Å². The molecule has 0 radical (unpaired) electrons. The quantitative estimate of drug-likeness (QED) is 0.873. The van der Waals surface area contributed by atoms with Gasteiger partial charge >= 0.3 is 0 Å². The molecule has 21 heavy (non-hydrogen) atoms. The van der Waals surface area contributed by atoms with Crippen LogP contribution in [0.3, 0.4) is 0 Å². The van der Waals surface area contributed by atoms with Gasteiger partial charge in [0, 0.05) is 17.0 Å². The smallest absolute Gasteiger partial charge is 0.0388 e. The Kier molecular flexibility index (Phi) is 3.60. The molecule has 1 heterocycles. The van der Waals surface area contributed by atoms with Crippen molar-refractivity contribution >= 4 is 11.3 Å². The summed E-state index contributed by atoms with van der Waals surface area (Å²) in [5, 5.41) is 6.15. The molecule has 0 aliphatic heterocycles. The van der Waals surface area contributed by atoms with Crippen LogP contribution >= 0.6 is 11.3 Å². The number of benzene rings is 1. The number of fused-ring (bicyclic) bond motifs is 3. The van der Waals surface area contributed by atoms with E-state index in [0.29, 0.717) is 12.1 Å². The van der Waals surface area contributed by atoms with Crippen LogP contribution in [0, 0.1) is 11.8 Å². The second kappa shape index (κ2) is 5.58. The third-order valence-corrected chi connectivity index (χ3v) is 6.47. The molecule has 2 aromatic rings. The number of hydrogen-bond acceptors (Lipinski definition) is 2. The van der Waals surface area contributed by atoms with E-state index in [0.717, 1.165) is 11.8 Å². The van der Waals surface area contributed by atoms with Crippen molar-refractivity contribution in [1.29, 1.82) is 0 Å². The lowest BCUT2D eigenvalue weighted by Gasteiger charge is -2.27. The number of rotatable bonds is 3. The Morgan fingerprint density at radius 2 is 1.67 bits per heavy atom. The monoisotopic (exact) mass is 297 g/mol. The highest BCUT2D eigenvalue weighted by Gasteiger charge is 2.39. The van der Waals surface area contributed by atoms with Gasteiger partial charge in [-0.3, -0.25) is 0 Å². The Morgan fingerprint density at radius 3 is 2.24 bits per heavy atom. The van der Waals surface area contributed by atoms with Crippen LogP contribution in [0.2, 0.25) is 0 Å². The molecule has 2 aliphatic rings. The summed E-state index contributed by atoms with van der Waals surface area (Å²) in [4.78, 5) is 1.47. The third-order valence-electron chi connectivity index (χ3n) is 5.42. The number of nitrogens with one attached hydrogen (secondary N) is 1. The SMILES string of the molecule is C[C@@H](NC1C2CCC1Cc1ccccc1C2)c1cccs1. The summed E-state index contributed by atoms with van der Waals surface area (Å²) in [7, 11) is 0. The minimum absolute atomic E-state index is 0.485. The van der Waals surface area contributed by atoms with Crippen LogP contribution in [0.1, 0.15) is 41.8 Å². The molecule has 1 fully saturated rings. The number of hydrogen-bond donors (Lipinski definition) is 1. The summed E-state index contributed by atoms with van der Waals surface area (Å²) >= 11 is 1.87. The maximum atomic E-state index is 3.97. The summed E-state index contributed by atoms with van der Waals surface area (Å²) in [6.45, 7) is 2.32. The third kappa shape index (κ3) is 2.56. The number of thiophene rings is 1. The minimum Gasteiger partial charge on any atom is -0.306 e. The van der Waals surface area contributed by atoms with Crippen LogP contribution in [0.25, 0.3) is 0 Å². The van der Waals surface area contributed by atoms with Crippen molar-refractivity contribution < 1.29 is 0 Å². The van der Waals surface area contributed by atoms with Gasteiger partial charge in [-0.1, -0.05) is 30.3 Å².